The first kappa shape index (κ1) is 35.0. The topological polar surface area (TPSA) is 160 Å². The van der Waals surface area contributed by atoms with Gasteiger partial charge in [0.2, 0.25) is 5.89 Å². The molecule has 0 radical (unpaired) electrons. The lowest BCUT2D eigenvalue weighted by Gasteiger charge is -2.39. The average Bonchev–Trinajstić information content (AvgIpc) is 3.60. The van der Waals surface area contributed by atoms with Gasteiger partial charge in [-0.2, -0.15) is 5.26 Å². The summed E-state index contributed by atoms with van der Waals surface area (Å²) in [6, 6.07) is 18.4. The van der Waals surface area contributed by atoms with Crippen LogP contribution in [0.5, 0.6) is 0 Å². The molecule has 7 rings (SSSR count). The minimum Gasteiger partial charge on any atom is -0.481 e. The number of rotatable bonds is 11. The number of hydrogen-bond donors (Lipinski definition) is 4. The molecule has 3 atom stereocenters. The second-order valence-corrected chi connectivity index (χ2v) is 14.1. The number of aliphatic carboxylic acids is 1. The van der Waals surface area contributed by atoms with Crippen LogP contribution in [0.15, 0.2) is 83.6 Å². The van der Waals surface area contributed by atoms with Crippen LogP contribution in [0.25, 0.3) is 27.6 Å². The van der Waals surface area contributed by atoms with Crippen LogP contribution in [0.1, 0.15) is 60.4 Å². The molecule has 0 saturated carbocycles. The van der Waals surface area contributed by atoms with Crippen molar-refractivity contribution in [1.82, 2.24) is 25.2 Å². The van der Waals surface area contributed by atoms with Crippen molar-refractivity contribution >= 4 is 39.4 Å². The maximum Gasteiger partial charge on any atom is 0.306 e. The van der Waals surface area contributed by atoms with Crippen LogP contribution < -0.4 is 10.6 Å². The molecule has 1 saturated heterocycles. The number of allylic oxidation sites excluding steroid dienone is 2. The Hall–Kier alpha value is -5.41. The van der Waals surface area contributed by atoms with Crippen LogP contribution in [0.4, 0.5) is 5.82 Å². The van der Waals surface area contributed by atoms with E-state index in [4.69, 9.17) is 19.4 Å². The largest absolute Gasteiger partial charge is 0.481 e. The van der Waals surface area contributed by atoms with E-state index in [1.807, 2.05) is 49.5 Å². The summed E-state index contributed by atoms with van der Waals surface area (Å²) in [5.74, 6) is -0.286. The standard InChI is InChI=1S/C41H43N7O4/c1-25-7-4-5-8-33(25)34-9-6-13-41(27(34)3,47-38-36-31(10-14-43-38)18-29(22-45-36)21-44-26(2)24-49)40-46-35-19-28(17-32(20-42)37(35)52-40)23-48-15-11-30(12-16-48)39(50)51/h4-10,13-14,17-19,22,26-27,30,44,49H,11-12,15-16,21,23-24H2,1-3H3,(H,43,47)(H,50,51)/t26?,27-,41?/m0/s1. The number of aliphatic hydroxyl groups is 1. The number of pyridine rings is 2. The summed E-state index contributed by atoms with van der Waals surface area (Å²) < 4.78 is 6.64. The molecule has 5 aromatic rings. The summed E-state index contributed by atoms with van der Waals surface area (Å²) in [4.78, 5) is 28.5. The van der Waals surface area contributed by atoms with Crippen LogP contribution in [-0.4, -0.2) is 61.8 Å². The number of aryl methyl sites for hydroxylation is 1. The highest BCUT2D eigenvalue weighted by atomic mass is 16.4. The van der Waals surface area contributed by atoms with E-state index < -0.39 is 11.5 Å². The summed E-state index contributed by atoms with van der Waals surface area (Å²) in [7, 11) is 0. The zero-order valence-corrected chi connectivity index (χ0v) is 29.6. The number of carboxylic acid groups (broad SMARTS) is 1. The fourth-order valence-electron chi connectivity index (χ4n) is 7.40. The van der Waals surface area contributed by atoms with Gasteiger partial charge < -0.3 is 25.3 Å². The van der Waals surface area contributed by atoms with Crippen molar-refractivity contribution in [3.05, 3.63) is 113 Å². The van der Waals surface area contributed by atoms with Crippen molar-refractivity contribution < 1.29 is 19.4 Å². The Morgan fingerprint density at radius 3 is 2.71 bits per heavy atom. The van der Waals surface area contributed by atoms with Gasteiger partial charge in [-0.15, -0.1) is 0 Å². The first-order valence-electron chi connectivity index (χ1n) is 17.8. The number of carbonyl (C=O) groups is 1. The van der Waals surface area contributed by atoms with Gasteiger partial charge in [0, 0.05) is 42.8 Å². The summed E-state index contributed by atoms with van der Waals surface area (Å²) in [5, 5.41) is 37.1. The highest BCUT2D eigenvalue weighted by Crippen LogP contribution is 2.46. The number of carboxylic acids is 1. The Balaban J connectivity index is 1.29. The molecule has 4 N–H and O–H groups in total. The second kappa shape index (κ2) is 14.7. The van der Waals surface area contributed by atoms with Crippen molar-refractivity contribution in [2.24, 2.45) is 11.8 Å². The van der Waals surface area contributed by atoms with Crippen LogP contribution >= 0.6 is 0 Å². The molecule has 266 valence electrons. The fraction of sp³-hybridized carbons (Fsp3) is 0.341. The number of oxazole rings is 1. The second-order valence-electron chi connectivity index (χ2n) is 14.1. The molecule has 2 aliphatic rings. The number of nitriles is 1. The molecule has 1 aliphatic heterocycles. The quantitative estimate of drug-likeness (QED) is 0.122. The van der Waals surface area contributed by atoms with E-state index in [0.29, 0.717) is 72.9 Å². The zero-order valence-electron chi connectivity index (χ0n) is 29.6. The van der Waals surface area contributed by atoms with Crippen LogP contribution in [0.2, 0.25) is 0 Å². The van der Waals surface area contributed by atoms with Crippen molar-refractivity contribution in [3.8, 4) is 6.07 Å². The third-order valence-corrected chi connectivity index (χ3v) is 10.5. The zero-order chi connectivity index (χ0) is 36.4. The maximum atomic E-state index is 11.5. The molecule has 52 heavy (non-hydrogen) atoms. The number of aliphatic hydroxyl groups excluding tert-OH is 1. The minimum atomic E-state index is -1.02. The molecule has 2 aromatic carbocycles. The SMILES string of the molecule is Cc1ccccc1C1=CC=CC(Nc2nccc3cc(CNC(C)CO)cnc23)(c2nc3cc(CN4CCC(C(=O)O)CC4)cc(C#N)c3o2)[C@H]1C. The van der Waals surface area contributed by atoms with Crippen LogP contribution in [-0.2, 0) is 23.4 Å². The van der Waals surface area contributed by atoms with Gasteiger partial charge in [0.05, 0.1) is 18.1 Å². The molecule has 0 bridgehead atoms. The van der Waals surface area contributed by atoms with Crippen LogP contribution in [0, 0.1) is 30.1 Å². The van der Waals surface area contributed by atoms with E-state index in [2.05, 4.69) is 65.8 Å². The van der Waals surface area contributed by atoms with Gasteiger partial charge in [0.1, 0.15) is 22.6 Å². The average molecular weight is 698 g/mol. The third-order valence-electron chi connectivity index (χ3n) is 10.5. The van der Waals surface area contributed by atoms with E-state index in [1.54, 1.807) is 6.20 Å². The van der Waals surface area contributed by atoms with Crippen LogP contribution in [0.3, 0.4) is 0 Å². The summed E-state index contributed by atoms with van der Waals surface area (Å²) in [6.45, 7) is 8.73. The molecule has 2 unspecified atom stereocenters. The van der Waals surface area contributed by atoms with Crippen molar-refractivity contribution in [1.29, 1.82) is 5.26 Å². The fourth-order valence-corrected chi connectivity index (χ4v) is 7.40. The summed E-state index contributed by atoms with van der Waals surface area (Å²) in [5.41, 5.74) is 6.33. The number of nitrogens with one attached hydrogen (secondary N) is 2. The number of benzene rings is 2. The maximum absolute atomic E-state index is 11.5. The number of piperidine rings is 1. The molecular weight excluding hydrogens is 654 g/mol. The van der Waals surface area contributed by atoms with Gasteiger partial charge in [0.15, 0.2) is 11.4 Å². The van der Waals surface area contributed by atoms with E-state index in [0.717, 1.165) is 33.2 Å². The van der Waals surface area contributed by atoms with Crippen molar-refractivity contribution in [2.45, 2.75) is 58.3 Å². The monoisotopic (exact) mass is 697 g/mol. The molecule has 1 aliphatic carbocycles. The lowest BCUT2D eigenvalue weighted by atomic mass is 9.73. The number of anilines is 1. The van der Waals surface area contributed by atoms with Gasteiger partial charge >= 0.3 is 5.97 Å². The molecule has 1 fully saturated rings. The number of aromatic nitrogens is 3. The Morgan fingerprint density at radius 2 is 1.96 bits per heavy atom. The lowest BCUT2D eigenvalue weighted by molar-refractivity contribution is -0.143. The van der Waals surface area contributed by atoms with Gasteiger partial charge in [0.25, 0.3) is 0 Å². The summed E-state index contributed by atoms with van der Waals surface area (Å²) >= 11 is 0. The van der Waals surface area contributed by atoms with E-state index in [9.17, 15) is 20.3 Å². The highest BCUT2D eigenvalue weighted by molar-refractivity contribution is 5.89. The molecule has 3 aromatic heterocycles. The molecule has 4 heterocycles. The Kier molecular flexibility index (Phi) is 9.88. The predicted molar refractivity (Wildman–Crippen MR) is 200 cm³/mol. The predicted octanol–water partition coefficient (Wildman–Crippen LogP) is 6.32. The normalized spacial score (nSPS) is 20.1. The Morgan fingerprint density at radius 1 is 1.15 bits per heavy atom. The molecule has 0 spiro atoms. The van der Waals surface area contributed by atoms with Gasteiger partial charge in [-0.1, -0.05) is 43.3 Å². The smallest absolute Gasteiger partial charge is 0.306 e. The molecule has 0 amide bonds. The van der Waals surface area contributed by atoms with E-state index >= 15 is 0 Å². The Labute approximate surface area is 302 Å². The number of likely N-dealkylation sites (tertiary alicyclic amines) is 1. The van der Waals surface area contributed by atoms with E-state index in [1.165, 1.54) is 0 Å². The lowest BCUT2D eigenvalue weighted by Crippen LogP contribution is -2.42. The third kappa shape index (κ3) is 6.80. The molecular formula is C41H43N7O4. The van der Waals surface area contributed by atoms with Crippen molar-refractivity contribution in [3.63, 3.8) is 0 Å². The van der Waals surface area contributed by atoms with Gasteiger partial charge in [-0.3, -0.25) is 14.7 Å². The number of fused-ring (bicyclic) bond motifs is 2. The number of nitrogens with zero attached hydrogens (tertiary/aromatic N) is 5. The summed E-state index contributed by atoms with van der Waals surface area (Å²) in [6.07, 6.45) is 11.0. The minimum absolute atomic E-state index is 0.0365. The van der Waals surface area contributed by atoms with Gasteiger partial charge in [-0.25, -0.2) is 9.97 Å². The van der Waals surface area contributed by atoms with Crippen molar-refractivity contribution in [2.75, 3.05) is 25.0 Å². The number of hydrogen-bond acceptors (Lipinski definition) is 10. The molecule has 11 nitrogen and oxygen atoms in total. The van der Waals surface area contributed by atoms with E-state index in [-0.39, 0.29) is 24.5 Å². The molecule has 11 heteroatoms. The Bertz CT molecular complexity index is 2230. The highest BCUT2D eigenvalue weighted by Gasteiger charge is 2.45. The first-order valence-corrected chi connectivity index (χ1v) is 17.8. The first-order chi connectivity index (χ1) is 25.2. The van der Waals surface area contributed by atoms with Gasteiger partial charge in [-0.05, 0) is 97.9 Å².